The fourth-order valence-corrected chi connectivity index (χ4v) is 2.58. The van der Waals surface area contributed by atoms with Gasteiger partial charge in [0.1, 0.15) is 5.82 Å². The van der Waals surface area contributed by atoms with Crippen molar-refractivity contribution in [1.82, 2.24) is 25.0 Å². The van der Waals surface area contributed by atoms with Crippen LogP contribution in [0.2, 0.25) is 0 Å². The summed E-state index contributed by atoms with van der Waals surface area (Å²) in [4.78, 5) is 11.3. The number of anilines is 1. The van der Waals surface area contributed by atoms with Crippen LogP contribution in [-0.4, -0.2) is 38.6 Å². The smallest absolute Gasteiger partial charge is 0.184 e. The fraction of sp³-hybridized carbons (Fsp3) is 0.412. The van der Waals surface area contributed by atoms with E-state index in [9.17, 15) is 0 Å². The second-order valence-electron chi connectivity index (χ2n) is 5.77. The highest BCUT2D eigenvalue weighted by atomic mass is 15.4. The van der Waals surface area contributed by atoms with E-state index in [4.69, 9.17) is 0 Å². The molecule has 6 heteroatoms. The number of benzene rings is 1. The van der Waals surface area contributed by atoms with E-state index in [1.807, 2.05) is 36.9 Å². The highest BCUT2D eigenvalue weighted by Gasteiger charge is 2.16. The lowest BCUT2D eigenvalue weighted by Crippen LogP contribution is -2.20. The molecule has 0 aliphatic carbocycles. The Balaban J connectivity index is 1.98. The van der Waals surface area contributed by atoms with Gasteiger partial charge in [-0.1, -0.05) is 48.9 Å². The predicted octanol–water partition coefficient (Wildman–Crippen LogP) is 2.81. The van der Waals surface area contributed by atoms with Gasteiger partial charge in [-0.15, -0.1) is 5.10 Å². The first-order chi connectivity index (χ1) is 11.2. The fourth-order valence-electron chi connectivity index (χ4n) is 2.58. The van der Waals surface area contributed by atoms with Gasteiger partial charge in [-0.25, -0.2) is 14.6 Å². The summed E-state index contributed by atoms with van der Waals surface area (Å²) in [5, 5.41) is 8.62. The molecule has 0 atom stereocenters. The van der Waals surface area contributed by atoms with Crippen molar-refractivity contribution in [2.45, 2.75) is 33.2 Å². The molecule has 3 rings (SSSR count). The molecule has 120 valence electrons. The molecule has 2 heterocycles. The molecule has 0 bridgehead atoms. The third kappa shape index (κ3) is 3.31. The summed E-state index contributed by atoms with van der Waals surface area (Å²) in [6, 6.07) is 10.2. The first-order valence-corrected chi connectivity index (χ1v) is 8.02. The highest BCUT2D eigenvalue weighted by molar-refractivity contribution is 5.82. The summed E-state index contributed by atoms with van der Waals surface area (Å²) in [5.74, 6) is 1.60. The monoisotopic (exact) mass is 310 g/mol. The molecule has 0 amide bonds. The Morgan fingerprint density at radius 1 is 1.13 bits per heavy atom. The molecule has 0 saturated carbocycles. The van der Waals surface area contributed by atoms with E-state index < -0.39 is 0 Å². The molecule has 0 fully saturated rings. The van der Waals surface area contributed by atoms with Crippen LogP contribution in [0, 0.1) is 6.92 Å². The van der Waals surface area contributed by atoms with E-state index in [1.54, 1.807) is 0 Å². The normalized spacial score (nSPS) is 11.1. The van der Waals surface area contributed by atoms with Gasteiger partial charge in [0.05, 0.1) is 6.54 Å². The van der Waals surface area contributed by atoms with Gasteiger partial charge in [0, 0.05) is 13.6 Å². The van der Waals surface area contributed by atoms with Crippen molar-refractivity contribution < 1.29 is 0 Å². The van der Waals surface area contributed by atoms with Crippen molar-refractivity contribution in [2.24, 2.45) is 0 Å². The van der Waals surface area contributed by atoms with Gasteiger partial charge in [0.25, 0.3) is 0 Å². The molecule has 0 spiro atoms. The van der Waals surface area contributed by atoms with E-state index in [-0.39, 0.29) is 0 Å². The molecule has 0 aliphatic heterocycles. The summed E-state index contributed by atoms with van der Waals surface area (Å²) in [6.45, 7) is 5.71. The van der Waals surface area contributed by atoms with E-state index in [0.29, 0.717) is 6.54 Å². The third-order valence-electron chi connectivity index (χ3n) is 3.84. The summed E-state index contributed by atoms with van der Waals surface area (Å²) in [6.07, 6.45) is 2.28. The molecular weight excluding hydrogens is 288 g/mol. The lowest BCUT2D eigenvalue weighted by molar-refractivity contribution is 0.663. The molecule has 0 radical (unpaired) electrons. The largest absolute Gasteiger partial charge is 0.358 e. The number of hydrogen-bond donors (Lipinski definition) is 0. The molecule has 0 aliphatic rings. The van der Waals surface area contributed by atoms with Crippen molar-refractivity contribution >= 4 is 17.0 Å². The quantitative estimate of drug-likeness (QED) is 0.700. The molecule has 23 heavy (non-hydrogen) atoms. The van der Waals surface area contributed by atoms with Gasteiger partial charge in [-0.3, -0.25) is 0 Å². The zero-order valence-corrected chi connectivity index (χ0v) is 13.9. The van der Waals surface area contributed by atoms with Crippen molar-refractivity contribution in [3.8, 4) is 0 Å². The molecule has 0 saturated heterocycles. The van der Waals surface area contributed by atoms with Crippen molar-refractivity contribution in [3.63, 3.8) is 0 Å². The molecule has 1 aromatic carbocycles. The lowest BCUT2D eigenvalue weighted by Gasteiger charge is -2.18. The molecule has 6 nitrogen and oxygen atoms in total. The summed E-state index contributed by atoms with van der Waals surface area (Å²) in [5.41, 5.74) is 2.74. The first-order valence-electron chi connectivity index (χ1n) is 8.02. The van der Waals surface area contributed by atoms with Crippen LogP contribution in [0.5, 0.6) is 0 Å². The topological polar surface area (TPSA) is 59.7 Å². The zero-order chi connectivity index (χ0) is 16.2. The highest BCUT2D eigenvalue weighted by Crippen LogP contribution is 2.21. The summed E-state index contributed by atoms with van der Waals surface area (Å²) >= 11 is 0. The van der Waals surface area contributed by atoms with Gasteiger partial charge < -0.3 is 4.90 Å². The number of unbranched alkanes of at least 4 members (excludes halogenated alkanes) is 1. The Labute approximate surface area is 136 Å². The van der Waals surface area contributed by atoms with Gasteiger partial charge in [-0.05, 0) is 18.9 Å². The van der Waals surface area contributed by atoms with Crippen molar-refractivity contribution in [3.05, 3.63) is 41.7 Å². The van der Waals surface area contributed by atoms with Gasteiger partial charge in [0.15, 0.2) is 17.0 Å². The average Bonchev–Trinajstić information content (AvgIpc) is 2.95. The number of aromatic nitrogens is 5. The van der Waals surface area contributed by atoms with Crippen LogP contribution in [0.25, 0.3) is 11.2 Å². The van der Waals surface area contributed by atoms with Crippen molar-refractivity contribution in [2.75, 3.05) is 18.5 Å². The van der Waals surface area contributed by atoms with Gasteiger partial charge in [0.2, 0.25) is 0 Å². The maximum atomic E-state index is 4.57. The number of rotatable bonds is 6. The number of nitrogens with zero attached hydrogens (tertiary/aromatic N) is 6. The van der Waals surface area contributed by atoms with E-state index in [2.05, 4.69) is 44.2 Å². The molecule has 3 aromatic rings. The van der Waals surface area contributed by atoms with Crippen LogP contribution in [0.3, 0.4) is 0 Å². The van der Waals surface area contributed by atoms with E-state index in [0.717, 1.165) is 42.2 Å². The Morgan fingerprint density at radius 3 is 2.65 bits per heavy atom. The van der Waals surface area contributed by atoms with Crippen molar-refractivity contribution in [1.29, 1.82) is 0 Å². The first kappa shape index (κ1) is 15.4. The SMILES string of the molecule is CCCCN(C)c1nc(C)nc2c1nnn2Cc1ccccc1. The minimum atomic E-state index is 0.659. The van der Waals surface area contributed by atoms with E-state index in [1.165, 1.54) is 5.56 Å². The van der Waals surface area contributed by atoms with E-state index >= 15 is 0 Å². The lowest BCUT2D eigenvalue weighted by atomic mass is 10.2. The standard InChI is InChI=1S/C17H22N6/c1-4-5-11-22(3)16-15-17(19-13(2)18-16)23(21-20-15)12-14-9-7-6-8-10-14/h6-10H,4-5,11-12H2,1-3H3. The second-order valence-corrected chi connectivity index (χ2v) is 5.77. The molecule has 0 N–H and O–H groups in total. The molecule has 0 unspecified atom stereocenters. The maximum absolute atomic E-state index is 4.57. The van der Waals surface area contributed by atoms with Gasteiger partial charge >= 0.3 is 0 Å². The third-order valence-corrected chi connectivity index (χ3v) is 3.84. The van der Waals surface area contributed by atoms with Crippen LogP contribution in [0.4, 0.5) is 5.82 Å². The predicted molar refractivity (Wildman–Crippen MR) is 91.6 cm³/mol. The second kappa shape index (κ2) is 6.73. The number of aryl methyl sites for hydroxylation is 1. The Bertz CT molecular complexity index is 780. The number of fused-ring (bicyclic) bond motifs is 1. The number of hydrogen-bond acceptors (Lipinski definition) is 5. The summed E-state index contributed by atoms with van der Waals surface area (Å²) in [7, 11) is 2.05. The Morgan fingerprint density at radius 2 is 1.91 bits per heavy atom. The van der Waals surface area contributed by atoms with Crippen LogP contribution in [-0.2, 0) is 6.54 Å². The van der Waals surface area contributed by atoms with Crippen LogP contribution < -0.4 is 4.90 Å². The average molecular weight is 310 g/mol. The van der Waals surface area contributed by atoms with Gasteiger partial charge in [-0.2, -0.15) is 0 Å². The Hall–Kier alpha value is -2.50. The minimum Gasteiger partial charge on any atom is -0.358 e. The van der Waals surface area contributed by atoms with Crippen LogP contribution >= 0.6 is 0 Å². The van der Waals surface area contributed by atoms with Crippen LogP contribution in [0.1, 0.15) is 31.2 Å². The molecule has 2 aromatic heterocycles. The zero-order valence-electron chi connectivity index (χ0n) is 13.9. The summed E-state index contributed by atoms with van der Waals surface area (Å²) < 4.78 is 1.84. The maximum Gasteiger partial charge on any atom is 0.184 e. The Kier molecular flexibility index (Phi) is 4.50. The molecular formula is C17H22N6. The van der Waals surface area contributed by atoms with Crippen LogP contribution in [0.15, 0.2) is 30.3 Å². The minimum absolute atomic E-state index is 0.659.